The van der Waals surface area contributed by atoms with E-state index in [1.54, 1.807) is 6.07 Å². The number of carbonyl (C=O) groups excluding carboxylic acids is 1. The number of benzene rings is 1. The van der Waals surface area contributed by atoms with E-state index in [-0.39, 0.29) is 17.5 Å². The van der Waals surface area contributed by atoms with Gasteiger partial charge in [0, 0.05) is 18.5 Å². The number of ether oxygens (including phenoxy) is 2. The number of rotatable bonds is 5. The molecule has 7 nitrogen and oxygen atoms in total. The molecule has 7 heteroatoms. The van der Waals surface area contributed by atoms with Gasteiger partial charge in [0.25, 0.3) is 5.91 Å². The third-order valence-corrected chi connectivity index (χ3v) is 4.10. The van der Waals surface area contributed by atoms with Gasteiger partial charge < -0.3 is 19.9 Å². The maximum absolute atomic E-state index is 12.3. The molecule has 1 aromatic heterocycles. The minimum Gasteiger partial charge on any atom is -0.490 e. The van der Waals surface area contributed by atoms with E-state index in [9.17, 15) is 9.59 Å². The lowest BCUT2D eigenvalue weighted by atomic mass is 10.1. The fourth-order valence-corrected chi connectivity index (χ4v) is 2.71. The van der Waals surface area contributed by atoms with E-state index in [0.717, 1.165) is 24.2 Å². The van der Waals surface area contributed by atoms with Crippen molar-refractivity contribution >= 4 is 17.6 Å². The van der Waals surface area contributed by atoms with Gasteiger partial charge in [0.15, 0.2) is 0 Å². The fraction of sp³-hybridized carbons (Fsp3) is 0.316. The Morgan fingerprint density at radius 3 is 2.62 bits per heavy atom. The van der Waals surface area contributed by atoms with Crippen LogP contribution in [-0.4, -0.2) is 41.3 Å². The van der Waals surface area contributed by atoms with Crippen LogP contribution in [-0.2, 0) is 4.74 Å². The lowest BCUT2D eigenvalue weighted by molar-refractivity contribution is 0.0253. The highest BCUT2D eigenvalue weighted by Gasteiger charge is 2.17. The van der Waals surface area contributed by atoms with Crippen molar-refractivity contribution in [2.45, 2.75) is 25.9 Å². The van der Waals surface area contributed by atoms with Gasteiger partial charge in [-0.15, -0.1) is 0 Å². The molecule has 0 atom stereocenters. The van der Waals surface area contributed by atoms with Crippen molar-refractivity contribution in [1.82, 2.24) is 4.98 Å². The van der Waals surface area contributed by atoms with Crippen molar-refractivity contribution in [2.24, 2.45) is 0 Å². The summed E-state index contributed by atoms with van der Waals surface area (Å²) in [4.78, 5) is 27.1. The molecule has 3 rings (SSSR count). The summed E-state index contributed by atoms with van der Waals surface area (Å²) in [5.41, 5.74) is 1.37. The molecule has 136 valence electrons. The summed E-state index contributed by atoms with van der Waals surface area (Å²) < 4.78 is 11.3. The van der Waals surface area contributed by atoms with Gasteiger partial charge in [-0.05, 0) is 42.8 Å². The molecule has 0 bridgehead atoms. The summed E-state index contributed by atoms with van der Waals surface area (Å²) in [5.74, 6) is -0.864. The summed E-state index contributed by atoms with van der Waals surface area (Å²) in [7, 11) is 0. The average molecular weight is 356 g/mol. The van der Waals surface area contributed by atoms with Gasteiger partial charge in [0.05, 0.1) is 13.2 Å². The Balaban J connectivity index is 1.68. The monoisotopic (exact) mass is 356 g/mol. The van der Waals surface area contributed by atoms with E-state index < -0.39 is 11.9 Å². The number of amides is 1. The second kappa shape index (κ2) is 7.97. The topological polar surface area (TPSA) is 97.8 Å². The maximum atomic E-state index is 12.3. The van der Waals surface area contributed by atoms with E-state index >= 15 is 0 Å². The first-order valence-corrected chi connectivity index (χ1v) is 8.39. The standard InChI is InChI=1S/C19H20N2O5/c1-12-11-13(5-6-17(12)26-14-7-9-25-10-8-14)20-18(22)15-3-2-4-16(21-15)19(23)24/h2-6,11,14H,7-10H2,1H3,(H,20,22)(H,23,24). The van der Waals surface area contributed by atoms with E-state index in [4.69, 9.17) is 14.6 Å². The Labute approximate surface area is 151 Å². The molecule has 0 unspecified atom stereocenters. The molecule has 0 spiro atoms. The highest BCUT2D eigenvalue weighted by Crippen LogP contribution is 2.25. The van der Waals surface area contributed by atoms with Crippen molar-refractivity contribution in [1.29, 1.82) is 0 Å². The first-order valence-electron chi connectivity index (χ1n) is 8.39. The van der Waals surface area contributed by atoms with E-state index in [0.29, 0.717) is 18.9 Å². The second-order valence-electron chi connectivity index (χ2n) is 6.08. The quantitative estimate of drug-likeness (QED) is 0.855. The normalized spacial score (nSPS) is 14.7. The van der Waals surface area contributed by atoms with Crippen LogP contribution in [0.3, 0.4) is 0 Å². The smallest absolute Gasteiger partial charge is 0.354 e. The predicted molar refractivity (Wildman–Crippen MR) is 94.8 cm³/mol. The number of pyridine rings is 1. The summed E-state index contributed by atoms with van der Waals surface area (Å²) in [6, 6.07) is 9.68. The number of carboxylic acids is 1. The van der Waals surface area contributed by atoms with Crippen LogP contribution in [0.1, 0.15) is 39.4 Å². The SMILES string of the molecule is Cc1cc(NC(=O)c2cccc(C(=O)O)n2)ccc1OC1CCOCC1. The molecule has 1 fully saturated rings. The van der Waals surface area contributed by atoms with Gasteiger partial charge in [-0.1, -0.05) is 6.07 Å². The fourth-order valence-electron chi connectivity index (χ4n) is 2.71. The number of hydrogen-bond donors (Lipinski definition) is 2. The zero-order valence-electron chi connectivity index (χ0n) is 14.4. The third kappa shape index (κ3) is 4.37. The zero-order chi connectivity index (χ0) is 18.5. The highest BCUT2D eigenvalue weighted by molar-refractivity contribution is 6.03. The van der Waals surface area contributed by atoms with Crippen LogP contribution in [0.2, 0.25) is 0 Å². The summed E-state index contributed by atoms with van der Waals surface area (Å²) >= 11 is 0. The number of nitrogens with zero attached hydrogens (tertiary/aromatic N) is 1. The van der Waals surface area contributed by atoms with Gasteiger partial charge >= 0.3 is 5.97 Å². The van der Waals surface area contributed by atoms with E-state index in [1.165, 1.54) is 18.2 Å². The van der Waals surface area contributed by atoms with Gasteiger partial charge in [0.2, 0.25) is 0 Å². The molecule has 1 aliphatic heterocycles. The lowest BCUT2D eigenvalue weighted by Crippen LogP contribution is -2.26. The Hall–Kier alpha value is -2.93. The Morgan fingerprint density at radius 1 is 1.19 bits per heavy atom. The minimum absolute atomic E-state index is 0.0464. The Bertz CT molecular complexity index is 815. The minimum atomic E-state index is -1.18. The van der Waals surface area contributed by atoms with Crippen LogP contribution < -0.4 is 10.1 Å². The largest absolute Gasteiger partial charge is 0.490 e. The van der Waals surface area contributed by atoms with Crippen molar-refractivity contribution in [3.8, 4) is 5.75 Å². The summed E-state index contributed by atoms with van der Waals surface area (Å²) in [6.07, 6.45) is 1.87. The molecule has 0 radical (unpaired) electrons. The summed E-state index contributed by atoms with van der Waals surface area (Å²) in [6.45, 7) is 3.33. The molecular formula is C19H20N2O5. The van der Waals surface area contributed by atoms with Crippen LogP contribution in [0.4, 0.5) is 5.69 Å². The maximum Gasteiger partial charge on any atom is 0.354 e. The second-order valence-corrected chi connectivity index (χ2v) is 6.08. The summed E-state index contributed by atoms with van der Waals surface area (Å²) in [5, 5.41) is 11.7. The Morgan fingerprint density at radius 2 is 1.92 bits per heavy atom. The Kier molecular flexibility index (Phi) is 5.48. The molecule has 2 heterocycles. The van der Waals surface area contributed by atoms with Crippen LogP contribution in [0, 0.1) is 6.92 Å². The first-order chi connectivity index (χ1) is 12.5. The van der Waals surface area contributed by atoms with Crippen molar-refractivity contribution in [3.05, 3.63) is 53.3 Å². The first kappa shape index (κ1) is 17.9. The number of carboxylic acid groups (broad SMARTS) is 1. The molecule has 0 saturated carbocycles. The molecule has 2 N–H and O–H groups in total. The van der Waals surface area contributed by atoms with Crippen LogP contribution in [0.25, 0.3) is 0 Å². The van der Waals surface area contributed by atoms with Gasteiger partial charge in [-0.25, -0.2) is 9.78 Å². The molecule has 1 aliphatic rings. The predicted octanol–water partition coefficient (Wildman–Crippen LogP) is 2.90. The number of carbonyl (C=O) groups is 2. The van der Waals surface area contributed by atoms with Crippen LogP contribution in [0.15, 0.2) is 36.4 Å². The van der Waals surface area contributed by atoms with Gasteiger partial charge in [0.1, 0.15) is 23.2 Å². The number of nitrogens with one attached hydrogen (secondary N) is 1. The van der Waals surface area contributed by atoms with E-state index in [1.807, 2.05) is 19.1 Å². The number of aryl methyl sites for hydroxylation is 1. The molecule has 1 saturated heterocycles. The number of anilines is 1. The van der Waals surface area contributed by atoms with Crippen LogP contribution >= 0.6 is 0 Å². The molecule has 26 heavy (non-hydrogen) atoms. The lowest BCUT2D eigenvalue weighted by Gasteiger charge is -2.24. The molecular weight excluding hydrogens is 336 g/mol. The highest BCUT2D eigenvalue weighted by atomic mass is 16.5. The van der Waals surface area contributed by atoms with Crippen molar-refractivity contribution < 1.29 is 24.2 Å². The van der Waals surface area contributed by atoms with Crippen molar-refractivity contribution in [2.75, 3.05) is 18.5 Å². The van der Waals surface area contributed by atoms with Gasteiger partial charge in [-0.3, -0.25) is 4.79 Å². The molecule has 2 aromatic rings. The molecule has 0 aliphatic carbocycles. The van der Waals surface area contributed by atoms with E-state index in [2.05, 4.69) is 10.3 Å². The number of aromatic nitrogens is 1. The molecule has 1 aromatic carbocycles. The van der Waals surface area contributed by atoms with Crippen LogP contribution in [0.5, 0.6) is 5.75 Å². The zero-order valence-corrected chi connectivity index (χ0v) is 14.4. The molecule has 1 amide bonds. The number of aromatic carboxylic acids is 1. The number of hydrogen-bond acceptors (Lipinski definition) is 5. The average Bonchev–Trinajstić information content (AvgIpc) is 2.65. The third-order valence-electron chi connectivity index (χ3n) is 4.10. The van der Waals surface area contributed by atoms with Gasteiger partial charge in [-0.2, -0.15) is 0 Å². The van der Waals surface area contributed by atoms with Crippen molar-refractivity contribution in [3.63, 3.8) is 0 Å².